The van der Waals surface area contributed by atoms with Crippen LogP contribution in [0, 0.1) is 5.41 Å². The number of pyridine rings is 1. The van der Waals surface area contributed by atoms with E-state index in [0.717, 1.165) is 5.56 Å². The summed E-state index contributed by atoms with van der Waals surface area (Å²) in [5.41, 5.74) is 6.10. The lowest BCUT2D eigenvalue weighted by Gasteiger charge is -2.08. The first-order valence-electron chi connectivity index (χ1n) is 4.07. The standard InChI is InChI=1S/C9H13N3O2/c1-13-7-5-12-9(14-2)4-6(7)3-8(10)11/h4-5H,3H2,1-2H3,(H3,10,11). The Kier molecular flexibility index (Phi) is 3.28. The summed E-state index contributed by atoms with van der Waals surface area (Å²) in [5.74, 6) is 1.18. The molecule has 76 valence electrons. The second-order valence-electron chi connectivity index (χ2n) is 2.74. The van der Waals surface area contributed by atoms with Crippen LogP contribution in [-0.4, -0.2) is 25.0 Å². The van der Waals surface area contributed by atoms with Crippen molar-refractivity contribution in [3.63, 3.8) is 0 Å². The monoisotopic (exact) mass is 195 g/mol. The third kappa shape index (κ3) is 2.35. The lowest BCUT2D eigenvalue weighted by molar-refractivity contribution is 0.385. The fourth-order valence-electron chi connectivity index (χ4n) is 1.10. The molecule has 1 aromatic rings. The molecular formula is C9H13N3O2. The van der Waals surface area contributed by atoms with Gasteiger partial charge in [-0.2, -0.15) is 0 Å². The molecule has 0 amide bonds. The molecule has 0 saturated carbocycles. The maximum absolute atomic E-state index is 7.19. The molecule has 1 heterocycles. The van der Waals surface area contributed by atoms with E-state index >= 15 is 0 Å². The number of amidine groups is 1. The normalized spacial score (nSPS) is 9.57. The van der Waals surface area contributed by atoms with Crippen molar-refractivity contribution in [1.82, 2.24) is 4.98 Å². The Morgan fingerprint density at radius 3 is 2.71 bits per heavy atom. The van der Waals surface area contributed by atoms with E-state index in [4.69, 9.17) is 20.6 Å². The Morgan fingerprint density at radius 2 is 2.21 bits per heavy atom. The van der Waals surface area contributed by atoms with E-state index in [-0.39, 0.29) is 5.84 Å². The number of hydrogen-bond acceptors (Lipinski definition) is 4. The number of aromatic nitrogens is 1. The van der Waals surface area contributed by atoms with Crippen LogP contribution in [0.5, 0.6) is 11.6 Å². The van der Waals surface area contributed by atoms with E-state index in [1.165, 1.54) is 7.11 Å². The van der Waals surface area contributed by atoms with Crippen molar-refractivity contribution in [1.29, 1.82) is 5.41 Å². The molecule has 0 saturated heterocycles. The third-order valence-electron chi connectivity index (χ3n) is 1.73. The molecule has 1 aromatic heterocycles. The van der Waals surface area contributed by atoms with Crippen LogP contribution in [0.25, 0.3) is 0 Å². The summed E-state index contributed by atoms with van der Waals surface area (Å²) in [6, 6.07) is 1.71. The Balaban J connectivity index is 3.01. The number of rotatable bonds is 4. The topological polar surface area (TPSA) is 81.2 Å². The molecule has 0 aliphatic carbocycles. The predicted octanol–water partition coefficient (Wildman–Crippen LogP) is 0.577. The molecule has 0 atom stereocenters. The molecule has 3 N–H and O–H groups in total. The molecule has 14 heavy (non-hydrogen) atoms. The van der Waals surface area contributed by atoms with Crippen LogP contribution in [0.4, 0.5) is 0 Å². The van der Waals surface area contributed by atoms with Crippen LogP contribution >= 0.6 is 0 Å². The molecule has 0 aliphatic rings. The Hall–Kier alpha value is -1.78. The summed E-state index contributed by atoms with van der Waals surface area (Å²) in [7, 11) is 3.08. The predicted molar refractivity (Wildman–Crippen MR) is 53.0 cm³/mol. The van der Waals surface area contributed by atoms with Crippen LogP contribution in [0.1, 0.15) is 5.56 Å². The van der Waals surface area contributed by atoms with Crippen LogP contribution in [0.3, 0.4) is 0 Å². The van der Waals surface area contributed by atoms with Crippen LogP contribution in [-0.2, 0) is 6.42 Å². The molecule has 0 spiro atoms. The van der Waals surface area contributed by atoms with Crippen molar-refractivity contribution in [2.24, 2.45) is 5.73 Å². The highest BCUT2D eigenvalue weighted by Crippen LogP contribution is 2.21. The molecule has 0 aliphatic heterocycles. The second-order valence-corrected chi connectivity index (χ2v) is 2.74. The minimum atomic E-state index is 0.0801. The molecule has 5 heteroatoms. The maximum Gasteiger partial charge on any atom is 0.213 e. The van der Waals surface area contributed by atoms with Crippen molar-refractivity contribution >= 4 is 5.84 Å². The largest absolute Gasteiger partial charge is 0.495 e. The molecule has 5 nitrogen and oxygen atoms in total. The fourth-order valence-corrected chi connectivity index (χ4v) is 1.10. The summed E-state index contributed by atoms with van der Waals surface area (Å²) < 4.78 is 10.0. The third-order valence-corrected chi connectivity index (χ3v) is 1.73. The molecule has 0 bridgehead atoms. The van der Waals surface area contributed by atoms with Gasteiger partial charge in [-0.25, -0.2) is 4.98 Å². The Bertz CT molecular complexity index is 339. The first-order valence-corrected chi connectivity index (χ1v) is 4.07. The highest BCUT2D eigenvalue weighted by molar-refractivity contribution is 5.80. The minimum Gasteiger partial charge on any atom is -0.495 e. The highest BCUT2D eigenvalue weighted by atomic mass is 16.5. The van der Waals surface area contributed by atoms with Gasteiger partial charge in [0.05, 0.1) is 26.3 Å². The molecule has 0 aromatic carbocycles. The number of hydrogen-bond donors (Lipinski definition) is 2. The number of nitrogens with one attached hydrogen (secondary N) is 1. The number of methoxy groups -OCH3 is 2. The second kappa shape index (κ2) is 4.45. The van der Waals surface area contributed by atoms with Gasteiger partial charge < -0.3 is 15.2 Å². The average Bonchev–Trinajstić information content (AvgIpc) is 2.16. The van der Waals surface area contributed by atoms with Crippen LogP contribution in [0.15, 0.2) is 12.3 Å². The van der Waals surface area contributed by atoms with Crippen molar-refractivity contribution in [3.05, 3.63) is 17.8 Å². The van der Waals surface area contributed by atoms with Gasteiger partial charge in [0, 0.05) is 18.1 Å². The van der Waals surface area contributed by atoms with Gasteiger partial charge in [-0.05, 0) is 0 Å². The zero-order valence-corrected chi connectivity index (χ0v) is 8.20. The number of nitrogens with two attached hydrogens (primary N) is 1. The quantitative estimate of drug-likeness (QED) is 0.544. The molecule has 0 unspecified atom stereocenters. The van der Waals surface area contributed by atoms with E-state index in [1.54, 1.807) is 19.4 Å². The maximum atomic E-state index is 7.19. The van der Waals surface area contributed by atoms with Gasteiger partial charge in [0.1, 0.15) is 5.75 Å². The van der Waals surface area contributed by atoms with E-state index in [1.807, 2.05) is 0 Å². The van der Waals surface area contributed by atoms with Gasteiger partial charge >= 0.3 is 0 Å². The molecule has 0 fully saturated rings. The van der Waals surface area contributed by atoms with Gasteiger partial charge in [-0.3, -0.25) is 5.41 Å². The van der Waals surface area contributed by atoms with Gasteiger partial charge in [0.2, 0.25) is 5.88 Å². The zero-order valence-electron chi connectivity index (χ0n) is 8.20. The summed E-state index contributed by atoms with van der Waals surface area (Å²) >= 11 is 0. The van der Waals surface area contributed by atoms with Gasteiger partial charge in [-0.15, -0.1) is 0 Å². The molecule has 0 radical (unpaired) electrons. The van der Waals surface area contributed by atoms with Crippen molar-refractivity contribution in [2.45, 2.75) is 6.42 Å². The minimum absolute atomic E-state index is 0.0801. The van der Waals surface area contributed by atoms with Gasteiger partial charge in [-0.1, -0.05) is 0 Å². The Labute approximate surface area is 82.4 Å². The Morgan fingerprint density at radius 1 is 1.50 bits per heavy atom. The van der Waals surface area contributed by atoms with E-state index in [9.17, 15) is 0 Å². The van der Waals surface area contributed by atoms with Crippen molar-refractivity contribution < 1.29 is 9.47 Å². The van der Waals surface area contributed by atoms with Crippen molar-refractivity contribution in [3.8, 4) is 11.6 Å². The van der Waals surface area contributed by atoms with E-state index < -0.39 is 0 Å². The molecular weight excluding hydrogens is 182 g/mol. The van der Waals surface area contributed by atoms with E-state index in [0.29, 0.717) is 18.1 Å². The first kappa shape index (κ1) is 10.3. The smallest absolute Gasteiger partial charge is 0.213 e. The SMILES string of the molecule is COc1cc(CC(=N)N)c(OC)cn1. The summed E-state index contributed by atoms with van der Waals surface area (Å²) in [6.07, 6.45) is 1.89. The zero-order chi connectivity index (χ0) is 10.6. The lowest BCUT2D eigenvalue weighted by Crippen LogP contribution is -2.13. The first-order chi connectivity index (χ1) is 6.67. The summed E-state index contributed by atoms with van der Waals surface area (Å²) in [4.78, 5) is 3.98. The lowest BCUT2D eigenvalue weighted by atomic mass is 10.1. The number of ether oxygens (including phenoxy) is 2. The van der Waals surface area contributed by atoms with Crippen molar-refractivity contribution in [2.75, 3.05) is 14.2 Å². The fraction of sp³-hybridized carbons (Fsp3) is 0.333. The van der Waals surface area contributed by atoms with Gasteiger partial charge in [0.25, 0.3) is 0 Å². The average molecular weight is 195 g/mol. The van der Waals surface area contributed by atoms with E-state index in [2.05, 4.69) is 4.98 Å². The number of nitrogens with zero attached hydrogens (tertiary/aromatic N) is 1. The van der Waals surface area contributed by atoms with Gasteiger partial charge in [0.15, 0.2) is 0 Å². The summed E-state index contributed by atoms with van der Waals surface area (Å²) in [5, 5.41) is 7.19. The highest BCUT2D eigenvalue weighted by Gasteiger charge is 2.06. The molecule has 1 rings (SSSR count). The van der Waals surface area contributed by atoms with Crippen LogP contribution < -0.4 is 15.2 Å². The van der Waals surface area contributed by atoms with Crippen LogP contribution in [0.2, 0.25) is 0 Å². The summed E-state index contributed by atoms with van der Waals surface area (Å²) in [6.45, 7) is 0.